The molecule has 0 aliphatic heterocycles. The Morgan fingerprint density at radius 2 is 2.15 bits per heavy atom. The molecule has 11 heteroatoms. The Bertz CT molecular complexity index is 1370. The van der Waals surface area contributed by atoms with Gasteiger partial charge in [0.05, 0.1) is 34.1 Å². The summed E-state index contributed by atoms with van der Waals surface area (Å²) in [4.78, 5) is 17.1. The van der Waals surface area contributed by atoms with Gasteiger partial charge in [-0.05, 0) is 44.5 Å². The van der Waals surface area contributed by atoms with Crippen molar-refractivity contribution in [1.82, 2.24) is 19.7 Å². The average Bonchev–Trinajstić information content (AvgIpc) is 3.46. The van der Waals surface area contributed by atoms with E-state index < -0.39 is 5.82 Å². The molecule has 1 N–H and O–H groups in total. The highest BCUT2D eigenvalue weighted by Crippen LogP contribution is 2.30. The number of nitrogens with one attached hydrogen (secondary N) is 1. The monoisotopic (exact) mass is 482 g/mol. The van der Waals surface area contributed by atoms with Gasteiger partial charge in [0, 0.05) is 11.1 Å². The number of hydrogen-bond donors (Lipinski definition) is 1. The molecule has 1 amide bonds. The van der Waals surface area contributed by atoms with Crippen LogP contribution in [-0.2, 0) is 11.2 Å². The molecular formula is C22H19FN6O2S2. The second-order valence-electron chi connectivity index (χ2n) is 7.19. The molecule has 168 valence electrons. The second kappa shape index (κ2) is 9.56. The maximum Gasteiger partial charge on any atom is 0.277 e. The number of nitriles is 1. The number of rotatable bonds is 7. The number of amides is 1. The summed E-state index contributed by atoms with van der Waals surface area (Å²) in [6.07, 6.45) is 0.426. The molecule has 0 atom stereocenters. The predicted octanol–water partition coefficient (Wildman–Crippen LogP) is 4.57. The molecule has 4 aromatic rings. The van der Waals surface area contributed by atoms with E-state index in [0.717, 1.165) is 28.2 Å². The number of hydrogen-bond acceptors (Lipinski definition) is 8. The van der Waals surface area contributed by atoms with Crippen LogP contribution in [0.25, 0.3) is 5.69 Å². The van der Waals surface area contributed by atoms with E-state index in [1.165, 1.54) is 12.1 Å². The van der Waals surface area contributed by atoms with Gasteiger partial charge < -0.3 is 9.73 Å². The minimum atomic E-state index is -0.412. The van der Waals surface area contributed by atoms with E-state index in [9.17, 15) is 14.4 Å². The highest BCUT2D eigenvalue weighted by Gasteiger charge is 2.21. The lowest BCUT2D eigenvalue weighted by atomic mass is 10.2. The third-order valence-electron chi connectivity index (χ3n) is 4.92. The predicted molar refractivity (Wildman–Crippen MR) is 123 cm³/mol. The van der Waals surface area contributed by atoms with Gasteiger partial charge in [0.25, 0.3) is 5.22 Å². The first-order valence-electron chi connectivity index (χ1n) is 9.89. The fraction of sp³-hybridized carbons (Fsp3) is 0.227. The lowest BCUT2D eigenvalue weighted by molar-refractivity contribution is -0.113. The maximum atomic E-state index is 13.8. The van der Waals surface area contributed by atoms with Gasteiger partial charge in [0.2, 0.25) is 11.8 Å². The highest BCUT2D eigenvalue weighted by atomic mass is 32.2. The minimum Gasteiger partial charge on any atom is -0.416 e. The molecule has 3 heterocycles. The van der Waals surface area contributed by atoms with Gasteiger partial charge in [-0.2, -0.15) is 5.26 Å². The van der Waals surface area contributed by atoms with Crippen LogP contribution in [0, 0.1) is 37.9 Å². The molecule has 33 heavy (non-hydrogen) atoms. The second-order valence-corrected chi connectivity index (χ2v) is 9.18. The van der Waals surface area contributed by atoms with Crippen LogP contribution < -0.4 is 5.32 Å². The van der Waals surface area contributed by atoms with Crippen LogP contribution >= 0.6 is 23.1 Å². The maximum absolute atomic E-state index is 13.8. The molecule has 0 radical (unpaired) electrons. The fourth-order valence-corrected chi connectivity index (χ4v) is 4.50. The topological polar surface area (TPSA) is 110 Å². The number of benzene rings is 1. The van der Waals surface area contributed by atoms with E-state index in [2.05, 4.69) is 26.6 Å². The first kappa shape index (κ1) is 22.7. The molecule has 0 saturated heterocycles. The Morgan fingerprint density at radius 1 is 1.33 bits per heavy atom. The van der Waals surface area contributed by atoms with Gasteiger partial charge in [-0.25, -0.2) is 9.37 Å². The molecule has 0 unspecified atom stereocenters. The summed E-state index contributed by atoms with van der Waals surface area (Å²) in [7, 11) is 0. The molecule has 8 nitrogen and oxygen atoms in total. The Kier molecular flexibility index (Phi) is 6.57. The number of carbonyl (C=O) groups is 1. The lowest BCUT2D eigenvalue weighted by Gasteiger charge is -2.13. The number of aromatic nitrogens is 4. The summed E-state index contributed by atoms with van der Waals surface area (Å²) < 4.78 is 21.1. The summed E-state index contributed by atoms with van der Waals surface area (Å²) in [5.41, 5.74) is 3.14. The number of thioether (sulfide) groups is 1. The van der Waals surface area contributed by atoms with E-state index in [1.807, 2.05) is 19.2 Å². The van der Waals surface area contributed by atoms with E-state index in [0.29, 0.717) is 34.9 Å². The van der Waals surface area contributed by atoms with Crippen molar-refractivity contribution in [3.05, 3.63) is 68.9 Å². The minimum absolute atomic E-state index is 0.00522. The van der Waals surface area contributed by atoms with Crippen LogP contribution in [0.3, 0.4) is 0 Å². The Hall–Kier alpha value is -3.49. The van der Waals surface area contributed by atoms with Gasteiger partial charge in [0.1, 0.15) is 17.7 Å². The van der Waals surface area contributed by atoms with Gasteiger partial charge in [0.15, 0.2) is 0 Å². The van der Waals surface area contributed by atoms with Gasteiger partial charge in [-0.15, -0.1) is 21.5 Å². The number of thiazole rings is 1. The average molecular weight is 483 g/mol. The number of anilines is 1. The molecule has 0 aliphatic carbocycles. The van der Waals surface area contributed by atoms with Crippen LogP contribution in [-0.4, -0.2) is 31.4 Å². The molecule has 3 aromatic heterocycles. The standard InChI is InChI=1S/C22H19FN6O2S2/c1-12-13(2)29(17-6-4-5-15(23)7-17)21(18(12)9-24)26-19(30)11-33-22-28-27-20(31-22)8-16-10-32-14(3)25-16/h4-7,10H,8,11H2,1-3H3,(H,26,30). The molecule has 4 rings (SSSR count). The van der Waals surface area contributed by atoms with Crippen LogP contribution in [0.15, 0.2) is 39.3 Å². The molecule has 0 bridgehead atoms. The Balaban J connectivity index is 1.48. The normalized spacial score (nSPS) is 10.9. The Labute approximate surface area is 197 Å². The van der Waals surface area contributed by atoms with Crippen LogP contribution in [0.5, 0.6) is 0 Å². The van der Waals surface area contributed by atoms with Crippen LogP contribution in [0.2, 0.25) is 0 Å². The zero-order chi connectivity index (χ0) is 23.5. The summed E-state index contributed by atoms with van der Waals surface area (Å²) in [5.74, 6) is -0.0597. The first-order chi connectivity index (χ1) is 15.9. The molecular weight excluding hydrogens is 463 g/mol. The van der Waals surface area contributed by atoms with Crippen molar-refractivity contribution in [1.29, 1.82) is 5.26 Å². The van der Waals surface area contributed by atoms with Crippen molar-refractivity contribution in [2.24, 2.45) is 0 Å². The smallest absolute Gasteiger partial charge is 0.277 e. The van der Waals surface area contributed by atoms with E-state index >= 15 is 0 Å². The Morgan fingerprint density at radius 3 is 2.85 bits per heavy atom. The molecule has 0 spiro atoms. The number of aryl methyl sites for hydroxylation is 1. The summed E-state index contributed by atoms with van der Waals surface area (Å²) in [6, 6.07) is 8.11. The quantitative estimate of drug-likeness (QED) is 0.384. The van der Waals surface area contributed by atoms with Crippen molar-refractivity contribution in [2.75, 3.05) is 11.1 Å². The first-order valence-corrected chi connectivity index (χ1v) is 11.8. The SMILES string of the molecule is Cc1nc(Cc2nnc(SCC(=O)Nc3c(C#N)c(C)c(C)n3-c3cccc(F)c3)o2)cs1. The van der Waals surface area contributed by atoms with Crippen LogP contribution in [0.4, 0.5) is 10.2 Å². The molecule has 0 fully saturated rings. The lowest BCUT2D eigenvalue weighted by Crippen LogP contribution is -2.17. The van der Waals surface area contributed by atoms with Crippen molar-refractivity contribution >= 4 is 34.8 Å². The van der Waals surface area contributed by atoms with Crippen molar-refractivity contribution in [3.8, 4) is 11.8 Å². The van der Waals surface area contributed by atoms with E-state index in [4.69, 9.17) is 4.42 Å². The zero-order valence-corrected chi connectivity index (χ0v) is 19.7. The van der Waals surface area contributed by atoms with Crippen molar-refractivity contribution in [2.45, 2.75) is 32.4 Å². The van der Waals surface area contributed by atoms with Gasteiger partial charge in [-0.3, -0.25) is 9.36 Å². The fourth-order valence-electron chi connectivity index (χ4n) is 3.31. The van der Waals surface area contributed by atoms with Gasteiger partial charge in [-0.1, -0.05) is 17.8 Å². The summed E-state index contributed by atoms with van der Waals surface area (Å²) in [6.45, 7) is 5.53. The number of halogens is 1. The highest BCUT2D eigenvalue weighted by molar-refractivity contribution is 7.99. The van der Waals surface area contributed by atoms with Crippen molar-refractivity contribution in [3.63, 3.8) is 0 Å². The largest absolute Gasteiger partial charge is 0.416 e. The third kappa shape index (κ3) is 4.97. The zero-order valence-electron chi connectivity index (χ0n) is 18.0. The molecule has 0 saturated carbocycles. The molecule has 0 aliphatic rings. The number of nitrogens with zero attached hydrogens (tertiary/aromatic N) is 5. The summed E-state index contributed by atoms with van der Waals surface area (Å²) in [5, 5.41) is 23.6. The van der Waals surface area contributed by atoms with Crippen molar-refractivity contribution < 1.29 is 13.6 Å². The van der Waals surface area contributed by atoms with E-state index in [1.54, 1.807) is 35.0 Å². The third-order valence-corrected chi connectivity index (χ3v) is 6.56. The van der Waals surface area contributed by atoms with Gasteiger partial charge >= 0.3 is 0 Å². The van der Waals surface area contributed by atoms with E-state index in [-0.39, 0.29) is 16.9 Å². The summed E-state index contributed by atoms with van der Waals surface area (Å²) >= 11 is 2.64. The van der Waals surface area contributed by atoms with Crippen LogP contribution in [0.1, 0.15) is 33.4 Å². The molecule has 1 aromatic carbocycles. The number of carbonyl (C=O) groups excluding carboxylic acids is 1.